The van der Waals surface area contributed by atoms with Crippen molar-refractivity contribution in [3.63, 3.8) is 0 Å². The minimum absolute atomic E-state index is 0.0830. The molecular weight excluding hydrogens is 276 g/mol. The number of ether oxygens (including phenoxy) is 1. The van der Waals surface area contributed by atoms with Crippen LogP contribution in [0.4, 0.5) is 0 Å². The van der Waals surface area contributed by atoms with Crippen molar-refractivity contribution in [1.29, 1.82) is 0 Å². The molecular formula is C18H18N2O2. The third kappa shape index (κ3) is 4.90. The summed E-state index contributed by atoms with van der Waals surface area (Å²) >= 11 is 0. The number of hydrogen-bond acceptors (Lipinski definition) is 3. The SMILES string of the molecule is C=CCc1ccccc1OCC(=O)N/N=C/c1ccccc1. The molecule has 0 saturated carbocycles. The number of rotatable bonds is 7. The topological polar surface area (TPSA) is 50.7 Å². The molecule has 2 aromatic rings. The molecule has 22 heavy (non-hydrogen) atoms. The summed E-state index contributed by atoms with van der Waals surface area (Å²) in [5.74, 6) is 0.380. The van der Waals surface area contributed by atoms with Gasteiger partial charge in [0.25, 0.3) is 5.91 Å². The van der Waals surface area contributed by atoms with Crippen LogP contribution in [0.1, 0.15) is 11.1 Å². The summed E-state index contributed by atoms with van der Waals surface area (Å²) in [5, 5.41) is 3.89. The minimum Gasteiger partial charge on any atom is -0.483 e. The van der Waals surface area contributed by atoms with E-state index < -0.39 is 0 Å². The summed E-state index contributed by atoms with van der Waals surface area (Å²) in [5.41, 5.74) is 4.35. The van der Waals surface area contributed by atoms with Crippen LogP contribution in [-0.2, 0) is 11.2 Å². The zero-order chi connectivity index (χ0) is 15.6. The lowest BCUT2D eigenvalue weighted by molar-refractivity contribution is -0.123. The van der Waals surface area contributed by atoms with Crippen LogP contribution in [0.3, 0.4) is 0 Å². The normalized spacial score (nSPS) is 10.4. The van der Waals surface area contributed by atoms with Crippen LogP contribution in [0.5, 0.6) is 5.75 Å². The number of carbonyl (C=O) groups excluding carboxylic acids is 1. The number of hydrazone groups is 1. The van der Waals surface area contributed by atoms with Crippen LogP contribution < -0.4 is 10.2 Å². The molecule has 0 saturated heterocycles. The van der Waals surface area contributed by atoms with Crippen molar-refractivity contribution < 1.29 is 9.53 Å². The molecule has 0 aromatic heterocycles. The van der Waals surface area contributed by atoms with Gasteiger partial charge in [-0.1, -0.05) is 54.6 Å². The van der Waals surface area contributed by atoms with Gasteiger partial charge in [0.2, 0.25) is 0 Å². The highest BCUT2D eigenvalue weighted by Gasteiger charge is 2.04. The van der Waals surface area contributed by atoms with Crippen molar-refractivity contribution in [2.75, 3.05) is 6.61 Å². The van der Waals surface area contributed by atoms with Gasteiger partial charge in [-0.05, 0) is 23.6 Å². The fraction of sp³-hybridized carbons (Fsp3) is 0.111. The molecule has 0 unspecified atom stereocenters. The number of carbonyl (C=O) groups is 1. The Bertz CT molecular complexity index is 651. The van der Waals surface area contributed by atoms with Crippen LogP contribution in [0.25, 0.3) is 0 Å². The maximum Gasteiger partial charge on any atom is 0.277 e. The van der Waals surface area contributed by atoms with Crippen LogP contribution >= 0.6 is 0 Å². The van der Waals surface area contributed by atoms with E-state index in [1.54, 1.807) is 12.3 Å². The third-order valence-corrected chi connectivity index (χ3v) is 2.90. The summed E-state index contributed by atoms with van der Waals surface area (Å²) in [6.45, 7) is 3.62. The monoisotopic (exact) mass is 294 g/mol. The van der Waals surface area contributed by atoms with Gasteiger partial charge < -0.3 is 4.74 Å². The van der Waals surface area contributed by atoms with Crippen molar-refractivity contribution in [2.24, 2.45) is 5.10 Å². The van der Waals surface area contributed by atoms with Crippen molar-refractivity contribution in [1.82, 2.24) is 5.43 Å². The molecule has 0 spiro atoms. The molecule has 0 bridgehead atoms. The van der Waals surface area contributed by atoms with Gasteiger partial charge >= 0.3 is 0 Å². The highest BCUT2D eigenvalue weighted by atomic mass is 16.5. The zero-order valence-electron chi connectivity index (χ0n) is 12.2. The van der Waals surface area contributed by atoms with Gasteiger partial charge in [-0.3, -0.25) is 4.79 Å². The number of para-hydroxylation sites is 1. The van der Waals surface area contributed by atoms with E-state index >= 15 is 0 Å². The Morgan fingerprint density at radius 1 is 1.14 bits per heavy atom. The Labute approximate surface area is 130 Å². The predicted molar refractivity (Wildman–Crippen MR) is 88.0 cm³/mol. The molecule has 112 valence electrons. The molecule has 2 rings (SSSR count). The molecule has 2 aromatic carbocycles. The predicted octanol–water partition coefficient (Wildman–Crippen LogP) is 2.94. The number of allylic oxidation sites excluding steroid dienone is 1. The van der Waals surface area contributed by atoms with Crippen LogP contribution in [0.2, 0.25) is 0 Å². The van der Waals surface area contributed by atoms with E-state index in [2.05, 4.69) is 17.1 Å². The van der Waals surface area contributed by atoms with Crippen LogP contribution in [-0.4, -0.2) is 18.7 Å². The van der Waals surface area contributed by atoms with E-state index in [0.29, 0.717) is 12.2 Å². The van der Waals surface area contributed by atoms with Gasteiger partial charge in [0.15, 0.2) is 6.61 Å². The van der Waals surface area contributed by atoms with E-state index in [9.17, 15) is 4.79 Å². The Morgan fingerprint density at radius 2 is 1.86 bits per heavy atom. The van der Waals surface area contributed by atoms with Crippen molar-refractivity contribution in [2.45, 2.75) is 6.42 Å². The fourth-order valence-corrected chi connectivity index (χ4v) is 1.86. The maximum absolute atomic E-state index is 11.7. The lowest BCUT2D eigenvalue weighted by atomic mass is 10.1. The number of benzene rings is 2. The maximum atomic E-state index is 11.7. The second kappa shape index (κ2) is 8.42. The molecule has 0 radical (unpaired) electrons. The Morgan fingerprint density at radius 3 is 2.64 bits per heavy atom. The van der Waals surface area contributed by atoms with Crippen molar-refractivity contribution in [3.05, 3.63) is 78.4 Å². The first-order valence-corrected chi connectivity index (χ1v) is 6.98. The third-order valence-electron chi connectivity index (χ3n) is 2.90. The van der Waals surface area contributed by atoms with Gasteiger partial charge in [0, 0.05) is 0 Å². The molecule has 0 fully saturated rings. The second-order valence-electron chi connectivity index (χ2n) is 4.59. The fourth-order valence-electron chi connectivity index (χ4n) is 1.86. The summed E-state index contributed by atoms with van der Waals surface area (Å²) in [4.78, 5) is 11.7. The number of hydrogen-bond donors (Lipinski definition) is 1. The van der Waals surface area contributed by atoms with Crippen molar-refractivity contribution in [3.8, 4) is 5.75 Å². The van der Waals surface area contributed by atoms with Gasteiger partial charge in [-0.15, -0.1) is 6.58 Å². The number of nitrogens with zero attached hydrogens (tertiary/aromatic N) is 1. The minimum atomic E-state index is -0.305. The van der Waals surface area contributed by atoms with Crippen molar-refractivity contribution >= 4 is 12.1 Å². The first-order valence-electron chi connectivity index (χ1n) is 6.98. The van der Waals surface area contributed by atoms with E-state index in [-0.39, 0.29) is 12.5 Å². The molecule has 0 heterocycles. The molecule has 1 amide bonds. The highest BCUT2D eigenvalue weighted by molar-refractivity contribution is 5.82. The molecule has 0 aliphatic carbocycles. The highest BCUT2D eigenvalue weighted by Crippen LogP contribution is 2.18. The molecule has 1 N–H and O–H groups in total. The lowest BCUT2D eigenvalue weighted by Crippen LogP contribution is -2.24. The quantitative estimate of drug-likeness (QED) is 0.485. The second-order valence-corrected chi connectivity index (χ2v) is 4.59. The lowest BCUT2D eigenvalue weighted by Gasteiger charge is -2.09. The Hall–Kier alpha value is -2.88. The number of nitrogens with one attached hydrogen (secondary N) is 1. The van der Waals surface area contributed by atoms with Gasteiger partial charge in [0.05, 0.1) is 6.21 Å². The van der Waals surface area contributed by atoms with Crippen LogP contribution in [0.15, 0.2) is 72.4 Å². The smallest absolute Gasteiger partial charge is 0.277 e. The van der Waals surface area contributed by atoms with E-state index in [0.717, 1.165) is 11.1 Å². The Balaban J connectivity index is 1.83. The summed E-state index contributed by atoms with van der Waals surface area (Å²) in [6.07, 6.45) is 4.08. The average Bonchev–Trinajstić information content (AvgIpc) is 2.55. The van der Waals surface area contributed by atoms with E-state index in [4.69, 9.17) is 4.74 Å². The largest absolute Gasteiger partial charge is 0.483 e. The average molecular weight is 294 g/mol. The standard InChI is InChI=1S/C18H18N2O2/c1-2-8-16-11-6-7-12-17(16)22-14-18(21)20-19-13-15-9-4-3-5-10-15/h2-7,9-13H,1,8,14H2,(H,20,21)/b19-13+. The number of amides is 1. The molecule has 0 atom stereocenters. The van der Waals surface area contributed by atoms with E-state index in [1.807, 2.05) is 54.6 Å². The molecule has 0 aliphatic heterocycles. The summed E-state index contributed by atoms with van der Waals surface area (Å²) in [6, 6.07) is 17.1. The summed E-state index contributed by atoms with van der Waals surface area (Å²) in [7, 11) is 0. The first kappa shape index (κ1) is 15.5. The molecule has 4 nitrogen and oxygen atoms in total. The first-order chi connectivity index (χ1) is 10.8. The van der Waals surface area contributed by atoms with Gasteiger partial charge in [-0.2, -0.15) is 5.10 Å². The zero-order valence-corrected chi connectivity index (χ0v) is 12.2. The molecule has 0 aliphatic rings. The molecule has 4 heteroatoms. The van der Waals surface area contributed by atoms with Crippen LogP contribution in [0, 0.1) is 0 Å². The summed E-state index contributed by atoms with van der Waals surface area (Å²) < 4.78 is 5.52. The van der Waals surface area contributed by atoms with Gasteiger partial charge in [-0.25, -0.2) is 5.43 Å². The van der Waals surface area contributed by atoms with E-state index in [1.165, 1.54) is 0 Å². The Kier molecular flexibility index (Phi) is 5.93. The van der Waals surface area contributed by atoms with Gasteiger partial charge in [0.1, 0.15) is 5.75 Å².